The lowest BCUT2D eigenvalue weighted by atomic mass is 9.94. The molecule has 98 valence electrons. The number of aryl methyl sites for hydroxylation is 1. The average Bonchev–Trinajstić information content (AvgIpc) is 2.83. The van der Waals surface area contributed by atoms with Crippen LogP contribution in [-0.4, -0.2) is 22.2 Å². The minimum atomic E-state index is -0.287. The number of carbonyl (C=O) groups excluding carboxylic acids is 1. The van der Waals surface area contributed by atoms with Gasteiger partial charge in [-0.25, -0.2) is 0 Å². The molecule has 0 spiro atoms. The van der Waals surface area contributed by atoms with Gasteiger partial charge < -0.3 is 10.6 Å². The Morgan fingerprint density at radius 2 is 2.32 bits per heavy atom. The van der Waals surface area contributed by atoms with Crippen LogP contribution in [0.15, 0.2) is 36.7 Å². The van der Waals surface area contributed by atoms with Gasteiger partial charge in [-0.15, -0.1) is 0 Å². The third kappa shape index (κ3) is 2.37. The lowest BCUT2D eigenvalue weighted by Gasteiger charge is -2.25. The fraction of sp³-hybridized carbons (Fsp3) is 0.286. The molecular formula is C14H16N4O. The lowest BCUT2D eigenvalue weighted by molar-refractivity contribution is -0.118. The van der Waals surface area contributed by atoms with Crippen molar-refractivity contribution < 1.29 is 4.79 Å². The zero-order valence-corrected chi connectivity index (χ0v) is 10.8. The molecule has 2 N–H and O–H groups in total. The normalized spacial score (nSPS) is 17.8. The number of fused-ring (bicyclic) bond motifs is 1. The molecule has 1 aliphatic rings. The largest absolute Gasteiger partial charge is 0.322 e. The smallest absolute Gasteiger partial charge is 0.246 e. The molecule has 1 aromatic carbocycles. The molecule has 0 saturated carbocycles. The Hall–Kier alpha value is -2.14. The van der Waals surface area contributed by atoms with E-state index >= 15 is 0 Å². The minimum absolute atomic E-state index is 0.0415. The Bertz CT molecular complexity index is 605. The fourth-order valence-electron chi connectivity index (χ4n) is 2.44. The van der Waals surface area contributed by atoms with Crippen LogP contribution >= 0.6 is 0 Å². The van der Waals surface area contributed by atoms with Crippen molar-refractivity contribution >= 4 is 11.6 Å². The van der Waals surface area contributed by atoms with Crippen LogP contribution in [0, 0.1) is 0 Å². The van der Waals surface area contributed by atoms with Crippen molar-refractivity contribution in [2.75, 3.05) is 11.9 Å². The summed E-state index contributed by atoms with van der Waals surface area (Å²) < 4.78 is 1.66. The first-order chi connectivity index (χ1) is 9.24. The minimum Gasteiger partial charge on any atom is -0.322 e. The molecule has 0 saturated heterocycles. The van der Waals surface area contributed by atoms with Gasteiger partial charge in [0.1, 0.15) is 6.04 Å². The van der Waals surface area contributed by atoms with Crippen molar-refractivity contribution in [3.63, 3.8) is 0 Å². The van der Waals surface area contributed by atoms with Crippen molar-refractivity contribution in [2.45, 2.75) is 12.5 Å². The summed E-state index contributed by atoms with van der Waals surface area (Å²) in [7, 11) is 1.82. The van der Waals surface area contributed by atoms with Crippen molar-refractivity contribution in [2.24, 2.45) is 7.05 Å². The van der Waals surface area contributed by atoms with E-state index in [2.05, 4.69) is 21.8 Å². The molecule has 0 bridgehead atoms. The van der Waals surface area contributed by atoms with Crippen LogP contribution in [-0.2, 0) is 18.3 Å². The number of nitrogens with one attached hydrogen (secondary N) is 2. The van der Waals surface area contributed by atoms with Crippen molar-refractivity contribution in [1.29, 1.82) is 0 Å². The third-order valence-corrected chi connectivity index (χ3v) is 3.34. The molecule has 19 heavy (non-hydrogen) atoms. The Morgan fingerprint density at radius 1 is 1.47 bits per heavy atom. The van der Waals surface area contributed by atoms with E-state index in [1.165, 1.54) is 5.56 Å². The fourth-order valence-corrected chi connectivity index (χ4v) is 2.44. The Kier molecular flexibility index (Phi) is 3.05. The first-order valence-electron chi connectivity index (χ1n) is 6.35. The third-order valence-electron chi connectivity index (χ3n) is 3.34. The Labute approximate surface area is 111 Å². The molecule has 0 fully saturated rings. The maximum Gasteiger partial charge on any atom is 0.246 e. The van der Waals surface area contributed by atoms with Gasteiger partial charge in [0, 0.05) is 19.8 Å². The van der Waals surface area contributed by atoms with Crippen LogP contribution in [0.5, 0.6) is 0 Å². The number of nitrogens with zero attached hydrogens (tertiary/aromatic N) is 2. The first kappa shape index (κ1) is 11.9. The van der Waals surface area contributed by atoms with Crippen molar-refractivity contribution in [3.8, 4) is 0 Å². The standard InChI is InChI=1S/C14H16N4O/c1-18-9-11(8-16-18)17-14(19)13-12-5-3-2-4-10(12)6-7-15-13/h2-5,8-9,13,15H,6-7H2,1H3,(H,17,19). The molecule has 1 aliphatic heterocycles. The van der Waals surface area contributed by atoms with Gasteiger partial charge in [0.05, 0.1) is 11.9 Å². The van der Waals surface area contributed by atoms with Gasteiger partial charge in [-0.2, -0.15) is 5.10 Å². The van der Waals surface area contributed by atoms with E-state index in [4.69, 9.17) is 0 Å². The summed E-state index contributed by atoms with van der Waals surface area (Å²) in [5, 5.41) is 10.2. The summed E-state index contributed by atoms with van der Waals surface area (Å²) in [6.07, 6.45) is 4.39. The number of hydrogen-bond acceptors (Lipinski definition) is 3. The summed E-state index contributed by atoms with van der Waals surface area (Å²) in [5.74, 6) is -0.0415. The zero-order chi connectivity index (χ0) is 13.2. The van der Waals surface area contributed by atoms with Crippen LogP contribution < -0.4 is 10.6 Å². The van der Waals surface area contributed by atoms with Crippen LogP contribution in [0.3, 0.4) is 0 Å². The number of amides is 1. The number of hydrogen-bond donors (Lipinski definition) is 2. The van der Waals surface area contributed by atoms with Crippen molar-refractivity contribution in [3.05, 3.63) is 47.8 Å². The highest BCUT2D eigenvalue weighted by Crippen LogP contribution is 2.23. The molecule has 2 aromatic rings. The Balaban J connectivity index is 1.81. The predicted octanol–water partition coefficient (Wildman–Crippen LogP) is 1.25. The van der Waals surface area contributed by atoms with E-state index in [9.17, 15) is 4.79 Å². The van der Waals surface area contributed by atoms with Crippen LogP contribution in [0.1, 0.15) is 17.2 Å². The molecule has 3 rings (SSSR count). The molecule has 1 unspecified atom stereocenters. The topological polar surface area (TPSA) is 59.0 Å². The van der Waals surface area contributed by atoms with E-state index < -0.39 is 0 Å². The average molecular weight is 256 g/mol. The predicted molar refractivity (Wildman–Crippen MR) is 72.7 cm³/mol. The number of anilines is 1. The summed E-state index contributed by atoms with van der Waals surface area (Å²) in [6.45, 7) is 0.822. The van der Waals surface area contributed by atoms with E-state index in [-0.39, 0.29) is 11.9 Å². The molecule has 1 atom stereocenters. The van der Waals surface area contributed by atoms with E-state index in [0.717, 1.165) is 24.2 Å². The molecule has 5 heteroatoms. The second-order valence-electron chi connectivity index (χ2n) is 4.73. The van der Waals surface area contributed by atoms with Gasteiger partial charge in [-0.1, -0.05) is 24.3 Å². The maximum atomic E-state index is 12.3. The maximum absolute atomic E-state index is 12.3. The first-order valence-corrected chi connectivity index (χ1v) is 6.35. The van der Waals surface area contributed by atoms with Gasteiger partial charge in [0.15, 0.2) is 0 Å². The van der Waals surface area contributed by atoms with Gasteiger partial charge in [-0.3, -0.25) is 9.48 Å². The number of rotatable bonds is 2. The molecule has 0 radical (unpaired) electrons. The number of benzene rings is 1. The molecule has 0 aliphatic carbocycles. The highest BCUT2D eigenvalue weighted by Gasteiger charge is 2.25. The Morgan fingerprint density at radius 3 is 3.11 bits per heavy atom. The van der Waals surface area contributed by atoms with Gasteiger partial charge >= 0.3 is 0 Å². The van der Waals surface area contributed by atoms with E-state index in [1.54, 1.807) is 17.1 Å². The number of carbonyl (C=O) groups is 1. The second-order valence-corrected chi connectivity index (χ2v) is 4.73. The monoisotopic (exact) mass is 256 g/mol. The quantitative estimate of drug-likeness (QED) is 0.850. The number of aromatic nitrogens is 2. The second kappa shape index (κ2) is 4.85. The van der Waals surface area contributed by atoms with E-state index in [1.807, 2.05) is 25.2 Å². The molecule has 5 nitrogen and oxygen atoms in total. The summed E-state index contributed by atoms with van der Waals surface area (Å²) in [5.41, 5.74) is 3.03. The summed E-state index contributed by atoms with van der Waals surface area (Å²) in [6, 6.07) is 7.79. The molecule has 2 heterocycles. The highest BCUT2D eigenvalue weighted by atomic mass is 16.2. The lowest BCUT2D eigenvalue weighted by Crippen LogP contribution is -2.38. The van der Waals surface area contributed by atoms with Gasteiger partial charge in [0.2, 0.25) is 5.91 Å². The SMILES string of the molecule is Cn1cc(NC(=O)C2NCCc3ccccc32)cn1. The zero-order valence-electron chi connectivity index (χ0n) is 10.8. The van der Waals surface area contributed by atoms with Gasteiger partial charge in [-0.05, 0) is 17.5 Å². The van der Waals surface area contributed by atoms with Crippen LogP contribution in [0.4, 0.5) is 5.69 Å². The van der Waals surface area contributed by atoms with Gasteiger partial charge in [0.25, 0.3) is 0 Å². The highest BCUT2D eigenvalue weighted by molar-refractivity contribution is 5.95. The summed E-state index contributed by atoms with van der Waals surface area (Å²) in [4.78, 5) is 12.3. The van der Waals surface area contributed by atoms with Crippen LogP contribution in [0.25, 0.3) is 0 Å². The van der Waals surface area contributed by atoms with E-state index in [0.29, 0.717) is 0 Å². The van der Waals surface area contributed by atoms with Crippen LogP contribution in [0.2, 0.25) is 0 Å². The molecular weight excluding hydrogens is 240 g/mol. The molecule has 1 aromatic heterocycles. The van der Waals surface area contributed by atoms with Crippen molar-refractivity contribution in [1.82, 2.24) is 15.1 Å². The molecule has 1 amide bonds. The summed E-state index contributed by atoms with van der Waals surface area (Å²) >= 11 is 0.